The number of anilines is 1. The van der Waals surface area contributed by atoms with Gasteiger partial charge in [0.15, 0.2) is 17.2 Å². The Hall–Kier alpha value is -4.01. The molecular weight excluding hydrogens is 428 g/mol. The highest BCUT2D eigenvalue weighted by molar-refractivity contribution is 5.96. The van der Waals surface area contributed by atoms with Crippen molar-refractivity contribution >= 4 is 17.2 Å². The summed E-state index contributed by atoms with van der Waals surface area (Å²) in [4.78, 5) is 16.9. The maximum atomic E-state index is 14.1. The van der Waals surface area contributed by atoms with E-state index in [0.717, 1.165) is 30.0 Å². The lowest BCUT2D eigenvalue weighted by Crippen LogP contribution is -2.26. The Bertz CT molecular complexity index is 1380. The van der Waals surface area contributed by atoms with Crippen molar-refractivity contribution in [3.8, 4) is 22.9 Å². The first-order valence-corrected chi connectivity index (χ1v) is 10.5. The van der Waals surface area contributed by atoms with Gasteiger partial charge in [-0.25, -0.2) is 13.9 Å². The fourth-order valence-electron chi connectivity index (χ4n) is 3.62. The van der Waals surface area contributed by atoms with Gasteiger partial charge in [-0.1, -0.05) is 12.1 Å². The number of nitrogens with one attached hydrogen (secondary N) is 2. The molecule has 4 aromatic rings. The van der Waals surface area contributed by atoms with Crippen LogP contribution in [0.1, 0.15) is 28.8 Å². The molecule has 1 aliphatic rings. The SMILES string of the molecule is CNc1cc(Oc2cccc(F)c2F)nn2c(-c3ccc(C(=O)NC4CC4)c(C)c3)cnc12. The molecule has 1 aliphatic carbocycles. The van der Waals surface area contributed by atoms with Crippen LogP contribution < -0.4 is 15.4 Å². The van der Waals surface area contributed by atoms with Crippen LogP contribution in [0.15, 0.2) is 48.7 Å². The Labute approximate surface area is 188 Å². The molecule has 0 radical (unpaired) electrons. The molecule has 0 unspecified atom stereocenters. The number of halogens is 2. The van der Waals surface area contributed by atoms with Crippen LogP contribution in [0.25, 0.3) is 16.9 Å². The third-order valence-corrected chi connectivity index (χ3v) is 5.52. The van der Waals surface area contributed by atoms with Crippen molar-refractivity contribution in [3.05, 3.63) is 71.4 Å². The monoisotopic (exact) mass is 449 g/mol. The van der Waals surface area contributed by atoms with E-state index < -0.39 is 11.6 Å². The van der Waals surface area contributed by atoms with E-state index in [1.54, 1.807) is 29.9 Å². The van der Waals surface area contributed by atoms with Crippen LogP contribution in [0.5, 0.6) is 11.6 Å². The largest absolute Gasteiger partial charge is 0.434 e. The van der Waals surface area contributed by atoms with Crippen molar-refractivity contribution in [1.29, 1.82) is 0 Å². The topological polar surface area (TPSA) is 80.5 Å². The molecule has 33 heavy (non-hydrogen) atoms. The van der Waals surface area contributed by atoms with Gasteiger partial charge in [0.2, 0.25) is 11.7 Å². The normalized spacial score (nSPS) is 13.2. The number of fused-ring (bicyclic) bond motifs is 1. The second-order valence-corrected chi connectivity index (χ2v) is 7.96. The molecule has 0 spiro atoms. The van der Waals surface area contributed by atoms with Gasteiger partial charge in [0.25, 0.3) is 5.91 Å². The first kappa shape index (κ1) is 20.9. The second kappa shape index (κ2) is 8.16. The van der Waals surface area contributed by atoms with Crippen LogP contribution in [0.2, 0.25) is 0 Å². The number of amides is 1. The number of hydrogen-bond donors (Lipinski definition) is 2. The van der Waals surface area contributed by atoms with Crippen molar-refractivity contribution in [2.45, 2.75) is 25.8 Å². The third-order valence-electron chi connectivity index (χ3n) is 5.52. The number of imidazole rings is 1. The van der Waals surface area contributed by atoms with Crippen molar-refractivity contribution in [2.24, 2.45) is 0 Å². The Morgan fingerprint density at radius 3 is 2.73 bits per heavy atom. The zero-order valence-corrected chi connectivity index (χ0v) is 18.0. The summed E-state index contributed by atoms with van der Waals surface area (Å²) in [6.07, 6.45) is 3.70. The molecule has 1 amide bonds. The summed E-state index contributed by atoms with van der Waals surface area (Å²) in [5, 5.41) is 10.5. The first-order chi connectivity index (χ1) is 15.9. The van der Waals surface area contributed by atoms with Crippen LogP contribution in [-0.4, -0.2) is 33.6 Å². The quantitative estimate of drug-likeness (QED) is 0.446. The number of ether oxygens (including phenoxy) is 1. The summed E-state index contributed by atoms with van der Waals surface area (Å²) in [5.41, 5.74) is 4.03. The predicted octanol–water partition coefficient (Wildman–Crippen LogP) is 4.71. The van der Waals surface area contributed by atoms with Crippen molar-refractivity contribution in [1.82, 2.24) is 19.9 Å². The zero-order chi connectivity index (χ0) is 23.1. The number of carbonyl (C=O) groups excluding carboxylic acids is 1. The lowest BCUT2D eigenvalue weighted by Gasteiger charge is -2.11. The van der Waals surface area contributed by atoms with Crippen LogP contribution in [0.4, 0.5) is 14.5 Å². The molecule has 0 saturated heterocycles. The lowest BCUT2D eigenvalue weighted by molar-refractivity contribution is 0.0950. The van der Waals surface area contributed by atoms with Gasteiger partial charge in [-0.2, -0.15) is 4.39 Å². The molecule has 168 valence electrons. The summed E-state index contributed by atoms with van der Waals surface area (Å²) >= 11 is 0. The minimum atomic E-state index is -1.09. The smallest absolute Gasteiger partial charge is 0.251 e. The van der Waals surface area contributed by atoms with Crippen molar-refractivity contribution < 1.29 is 18.3 Å². The molecule has 0 atom stereocenters. The van der Waals surface area contributed by atoms with Crippen LogP contribution in [-0.2, 0) is 0 Å². The first-order valence-electron chi connectivity index (χ1n) is 10.5. The van der Waals surface area contributed by atoms with E-state index in [-0.39, 0.29) is 23.6 Å². The highest BCUT2D eigenvalue weighted by Gasteiger charge is 2.24. The van der Waals surface area contributed by atoms with Gasteiger partial charge in [0.1, 0.15) is 0 Å². The minimum Gasteiger partial charge on any atom is -0.434 e. The number of aromatic nitrogens is 3. The van der Waals surface area contributed by atoms with Gasteiger partial charge >= 0.3 is 0 Å². The average molecular weight is 449 g/mol. The summed E-state index contributed by atoms with van der Waals surface area (Å²) in [5.74, 6) is -2.39. The van der Waals surface area contributed by atoms with Crippen LogP contribution in [0, 0.1) is 18.6 Å². The second-order valence-electron chi connectivity index (χ2n) is 7.96. The summed E-state index contributed by atoms with van der Waals surface area (Å²) in [6.45, 7) is 1.88. The van der Waals surface area contributed by atoms with Crippen molar-refractivity contribution in [3.63, 3.8) is 0 Å². The molecular formula is C24H21F2N5O2. The molecule has 1 fully saturated rings. The fraction of sp³-hybridized carbons (Fsp3) is 0.208. The standard InChI is InChI=1S/C24H21F2N5O2/c1-13-10-14(6-9-16(13)24(32)29-15-7-8-15)19-12-28-23-18(27-2)11-21(30-31(19)23)33-20-5-3-4-17(25)22(20)26/h3-6,9-12,15,27H,7-8H2,1-2H3,(H,29,32). The van der Waals surface area contributed by atoms with E-state index >= 15 is 0 Å². The van der Waals surface area contributed by atoms with Crippen molar-refractivity contribution in [2.75, 3.05) is 12.4 Å². The fourth-order valence-corrected chi connectivity index (χ4v) is 3.62. The van der Waals surface area contributed by atoms with E-state index in [9.17, 15) is 13.6 Å². The molecule has 2 aromatic carbocycles. The Morgan fingerprint density at radius 2 is 2.00 bits per heavy atom. The molecule has 0 bridgehead atoms. The molecule has 1 saturated carbocycles. The lowest BCUT2D eigenvalue weighted by atomic mass is 10.0. The highest BCUT2D eigenvalue weighted by Crippen LogP contribution is 2.31. The van der Waals surface area contributed by atoms with Gasteiger partial charge in [0, 0.05) is 30.3 Å². The maximum absolute atomic E-state index is 14.1. The molecule has 9 heteroatoms. The van der Waals surface area contributed by atoms with E-state index in [4.69, 9.17) is 4.74 Å². The van der Waals surface area contributed by atoms with Gasteiger partial charge < -0.3 is 15.4 Å². The van der Waals surface area contributed by atoms with E-state index in [1.807, 2.05) is 19.1 Å². The molecule has 2 heterocycles. The van der Waals surface area contributed by atoms with E-state index in [0.29, 0.717) is 22.6 Å². The summed E-state index contributed by atoms with van der Waals surface area (Å²) < 4.78 is 34.8. The maximum Gasteiger partial charge on any atom is 0.251 e. The van der Waals surface area contributed by atoms with Gasteiger partial charge in [0.05, 0.1) is 17.6 Å². The molecule has 2 aromatic heterocycles. The van der Waals surface area contributed by atoms with Crippen LogP contribution in [0.3, 0.4) is 0 Å². The van der Waals surface area contributed by atoms with Gasteiger partial charge in [-0.15, -0.1) is 5.10 Å². The molecule has 0 aliphatic heterocycles. The zero-order valence-electron chi connectivity index (χ0n) is 18.0. The van der Waals surface area contributed by atoms with Gasteiger partial charge in [-0.05, 0) is 49.6 Å². The molecule has 2 N–H and O–H groups in total. The molecule has 7 nitrogen and oxygen atoms in total. The minimum absolute atomic E-state index is 0.0627. The summed E-state index contributed by atoms with van der Waals surface area (Å²) in [6, 6.07) is 11.1. The third kappa shape index (κ3) is 3.97. The average Bonchev–Trinajstić information content (AvgIpc) is 3.51. The Morgan fingerprint density at radius 1 is 1.18 bits per heavy atom. The highest BCUT2D eigenvalue weighted by atomic mass is 19.2. The van der Waals surface area contributed by atoms with Crippen LogP contribution >= 0.6 is 0 Å². The number of aryl methyl sites for hydroxylation is 1. The van der Waals surface area contributed by atoms with E-state index in [2.05, 4.69) is 20.7 Å². The Balaban J connectivity index is 1.53. The Kier molecular flexibility index (Phi) is 5.16. The number of rotatable bonds is 6. The number of nitrogens with zero attached hydrogens (tertiary/aromatic N) is 3. The number of benzene rings is 2. The summed E-state index contributed by atoms with van der Waals surface area (Å²) in [7, 11) is 1.72. The predicted molar refractivity (Wildman–Crippen MR) is 120 cm³/mol. The molecule has 5 rings (SSSR count). The number of hydrogen-bond acceptors (Lipinski definition) is 5. The van der Waals surface area contributed by atoms with Gasteiger partial charge in [-0.3, -0.25) is 4.79 Å². The number of carbonyl (C=O) groups is 1. The van der Waals surface area contributed by atoms with E-state index in [1.165, 1.54) is 12.1 Å².